The van der Waals surface area contributed by atoms with Gasteiger partial charge in [0.15, 0.2) is 0 Å². The minimum atomic E-state index is -0.673. The van der Waals surface area contributed by atoms with Gasteiger partial charge in [0, 0.05) is 12.1 Å². The number of ether oxygens (including phenoxy) is 1. The zero-order chi connectivity index (χ0) is 13.9. The number of nitrogens with one attached hydrogen (secondary N) is 1. The first-order chi connectivity index (χ1) is 8.19. The quantitative estimate of drug-likeness (QED) is 0.646. The maximum absolute atomic E-state index is 11.5. The van der Waals surface area contributed by atoms with E-state index in [1.165, 1.54) is 18.2 Å². The van der Waals surface area contributed by atoms with Gasteiger partial charge in [0.2, 0.25) is 0 Å². The van der Waals surface area contributed by atoms with Gasteiger partial charge in [-0.05, 0) is 33.3 Å². The summed E-state index contributed by atoms with van der Waals surface area (Å²) in [5, 5.41) is 13.1. The number of hydrogen-bond acceptors (Lipinski definition) is 4. The Hall–Kier alpha value is -2.11. The van der Waals surface area contributed by atoms with E-state index in [9.17, 15) is 14.9 Å². The van der Waals surface area contributed by atoms with E-state index in [2.05, 4.69) is 12.2 Å². The molecule has 1 radical (unpaired) electrons. The van der Waals surface area contributed by atoms with Gasteiger partial charge in [-0.3, -0.25) is 15.4 Å². The molecule has 1 rings (SSSR count). The van der Waals surface area contributed by atoms with E-state index in [1.54, 1.807) is 20.8 Å². The van der Waals surface area contributed by atoms with Crippen LogP contribution in [-0.4, -0.2) is 16.6 Å². The molecule has 0 heterocycles. The van der Waals surface area contributed by atoms with Crippen molar-refractivity contribution in [2.24, 2.45) is 0 Å². The first-order valence-electron chi connectivity index (χ1n) is 5.29. The van der Waals surface area contributed by atoms with Crippen LogP contribution in [0.15, 0.2) is 18.2 Å². The van der Waals surface area contributed by atoms with Crippen LogP contribution in [0, 0.1) is 17.0 Å². The molecule has 0 saturated carbocycles. The fourth-order valence-corrected chi connectivity index (χ4v) is 1.21. The van der Waals surface area contributed by atoms with Crippen molar-refractivity contribution >= 4 is 17.5 Å². The third-order valence-electron chi connectivity index (χ3n) is 1.94. The van der Waals surface area contributed by atoms with Gasteiger partial charge in [-0.1, -0.05) is 6.07 Å². The highest BCUT2D eigenvalue weighted by atomic mass is 16.6. The Balaban J connectivity index is 2.87. The van der Waals surface area contributed by atoms with Crippen molar-refractivity contribution in [3.05, 3.63) is 40.8 Å². The summed E-state index contributed by atoms with van der Waals surface area (Å²) in [6.07, 6.45) is -0.673. The van der Waals surface area contributed by atoms with Gasteiger partial charge < -0.3 is 4.74 Å². The predicted octanol–water partition coefficient (Wildman–Crippen LogP) is 3.12. The molecule has 1 N–H and O–H groups in total. The Morgan fingerprint density at radius 3 is 2.56 bits per heavy atom. The fourth-order valence-electron chi connectivity index (χ4n) is 1.21. The summed E-state index contributed by atoms with van der Waals surface area (Å²) in [6.45, 7) is 8.86. The molecule has 6 nitrogen and oxygen atoms in total. The van der Waals surface area contributed by atoms with Crippen LogP contribution in [0.4, 0.5) is 16.2 Å². The molecule has 0 spiro atoms. The summed E-state index contributed by atoms with van der Waals surface area (Å²) in [5.74, 6) is 0. The number of carbonyl (C=O) groups is 1. The van der Waals surface area contributed by atoms with Crippen LogP contribution in [0.25, 0.3) is 0 Å². The van der Waals surface area contributed by atoms with Crippen LogP contribution >= 0.6 is 0 Å². The minimum absolute atomic E-state index is 0.117. The molecule has 6 heteroatoms. The van der Waals surface area contributed by atoms with Gasteiger partial charge >= 0.3 is 6.09 Å². The molecule has 18 heavy (non-hydrogen) atoms. The SMILES string of the molecule is [CH2]c1ccc([N+](=O)[O-])cc1NC(=O)OC(C)(C)C. The van der Waals surface area contributed by atoms with E-state index < -0.39 is 16.6 Å². The van der Waals surface area contributed by atoms with E-state index in [0.717, 1.165) is 0 Å². The van der Waals surface area contributed by atoms with Crippen molar-refractivity contribution < 1.29 is 14.5 Å². The second-order valence-corrected chi connectivity index (χ2v) is 4.73. The summed E-state index contributed by atoms with van der Waals surface area (Å²) in [6, 6.07) is 4.03. The molecule has 0 aliphatic rings. The third-order valence-corrected chi connectivity index (χ3v) is 1.94. The summed E-state index contributed by atoms with van der Waals surface area (Å²) >= 11 is 0. The summed E-state index contributed by atoms with van der Waals surface area (Å²) < 4.78 is 5.05. The van der Waals surface area contributed by atoms with Crippen molar-refractivity contribution in [2.75, 3.05) is 5.32 Å². The van der Waals surface area contributed by atoms with E-state index in [4.69, 9.17) is 4.74 Å². The molecule has 0 aromatic heterocycles. The van der Waals surface area contributed by atoms with Gasteiger partial charge in [-0.15, -0.1) is 0 Å². The molecule has 0 fully saturated rings. The van der Waals surface area contributed by atoms with Crippen LogP contribution in [0.3, 0.4) is 0 Å². The molecule has 0 bridgehead atoms. The number of nitrogens with zero attached hydrogens (tertiary/aromatic N) is 1. The lowest BCUT2D eigenvalue weighted by atomic mass is 10.2. The molecule has 0 atom stereocenters. The topological polar surface area (TPSA) is 81.5 Å². The lowest BCUT2D eigenvalue weighted by molar-refractivity contribution is -0.384. The van der Waals surface area contributed by atoms with Crippen molar-refractivity contribution in [1.29, 1.82) is 0 Å². The zero-order valence-corrected chi connectivity index (χ0v) is 10.5. The average Bonchev–Trinajstić information content (AvgIpc) is 2.18. The lowest BCUT2D eigenvalue weighted by Gasteiger charge is -2.20. The monoisotopic (exact) mass is 251 g/mol. The standard InChI is InChI=1S/C12H15N2O4/c1-8-5-6-9(14(16)17)7-10(8)13-11(15)18-12(2,3)4/h5-7H,1H2,2-4H3,(H,13,15). The van der Waals surface area contributed by atoms with Crippen LogP contribution in [-0.2, 0) is 4.74 Å². The molecule has 0 saturated heterocycles. The smallest absolute Gasteiger partial charge is 0.412 e. The predicted molar refractivity (Wildman–Crippen MR) is 67.4 cm³/mol. The number of benzene rings is 1. The van der Waals surface area contributed by atoms with Gasteiger partial charge in [0.1, 0.15) is 5.60 Å². The Morgan fingerprint density at radius 1 is 1.44 bits per heavy atom. The third kappa shape index (κ3) is 4.04. The number of nitro groups is 1. The van der Waals surface area contributed by atoms with Gasteiger partial charge in [0.05, 0.1) is 10.6 Å². The second-order valence-electron chi connectivity index (χ2n) is 4.73. The van der Waals surface area contributed by atoms with E-state index in [1.807, 2.05) is 0 Å². The van der Waals surface area contributed by atoms with E-state index in [0.29, 0.717) is 5.56 Å². The maximum Gasteiger partial charge on any atom is 0.412 e. The Morgan fingerprint density at radius 2 is 2.06 bits per heavy atom. The second kappa shape index (κ2) is 5.03. The highest BCUT2D eigenvalue weighted by molar-refractivity contribution is 5.86. The molecular weight excluding hydrogens is 236 g/mol. The molecule has 0 aliphatic carbocycles. The van der Waals surface area contributed by atoms with Crippen LogP contribution in [0.5, 0.6) is 0 Å². The molecule has 1 amide bonds. The van der Waals surface area contributed by atoms with Gasteiger partial charge in [-0.25, -0.2) is 4.79 Å². The van der Waals surface area contributed by atoms with Crippen LogP contribution in [0.1, 0.15) is 26.3 Å². The highest BCUT2D eigenvalue weighted by Gasteiger charge is 2.17. The Kier molecular flexibility index (Phi) is 3.90. The molecule has 1 aromatic carbocycles. The Labute approximate surface area is 105 Å². The van der Waals surface area contributed by atoms with E-state index in [-0.39, 0.29) is 11.4 Å². The normalized spacial score (nSPS) is 10.9. The maximum atomic E-state index is 11.5. The fraction of sp³-hybridized carbons (Fsp3) is 0.333. The number of carbonyl (C=O) groups excluding carboxylic acids is 1. The summed E-state index contributed by atoms with van der Waals surface area (Å²) in [7, 11) is 0. The molecule has 0 aliphatic heterocycles. The molecule has 1 aromatic rings. The number of nitro benzene ring substituents is 1. The average molecular weight is 251 g/mol. The van der Waals surface area contributed by atoms with Crippen molar-refractivity contribution in [2.45, 2.75) is 26.4 Å². The summed E-state index contributed by atoms with van der Waals surface area (Å²) in [4.78, 5) is 21.6. The van der Waals surface area contributed by atoms with Crippen LogP contribution in [0.2, 0.25) is 0 Å². The number of non-ortho nitro benzene ring substituents is 1. The first-order valence-corrected chi connectivity index (χ1v) is 5.29. The van der Waals surface area contributed by atoms with Crippen molar-refractivity contribution in [1.82, 2.24) is 0 Å². The minimum Gasteiger partial charge on any atom is -0.444 e. The summed E-state index contributed by atoms with van der Waals surface area (Å²) in [5.41, 5.74) is -0.00932. The largest absolute Gasteiger partial charge is 0.444 e. The zero-order valence-electron chi connectivity index (χ0n) is 10.5. The first kappa shape index (κ1) is 14.0. The Bertz CT molecular complexity index is 477. The molecular formula is C12H15N2O4. The number of rotatable bonds is 2. The lowest BCUT2D eigenvalue weighted by Crippen LogP contribution is -2.27. The number of hydrogen-bond donors (Lipinski definition) is 1. The van der Waals surface area contributed by atoms with Crippen molar-refractivity contribution in [3.63, 3.8) is 0 Å². The van der Waals surface area contributed by atoms with E-state index >= 15 is 0 Å². The molecule has 97 valence electrons. The van der Waals surface area contributed by atoms with Crippen LogP contribution < -0.4 is 5.32 Å². The van der Waals surface area contributed by atoms with Gasteiger partial charge in [-0.2, -0.15) is 0 Å². The molecule has 0 unspecified atom stereocenters. The van der Waals surface area contributed by atoms with Crippen molar-refractivity contribution in [3.8, 4) is 0 Å². The highest BCUT2D eigenvalue weighted by Crippen LogP contribution is 2.22. The number of anilines is 1. The van der Waals surface area contributed by atoms with Gasteiger partial charge in [0.25, 0.3) is 5.69 Å². The number of amides is 1.